The van der Waals surface area contributed by atoms with E-state index in [2.05, 4.69) is 21.5 Å². The fraction of sp³-hybridized carbons (Fsp3) is 0.200. The third-order valence-corrected chi connectivity index (χ3v) is 6.04. The minimum Gasteiger partial charge on any atom is -0.336 e. The summed E-state index contributed by atoms with van der Waals surface area (Å²) in [6.45, 7) is 1.27. The zero-order valence-electron chi connectivity index (χ0n) is 15.0. The molecule has 140 valence electrons. The molecule has 8 heteroatoms. The predicted octanol–water partition coefficient (Wildman–Crippen LogP) is 2.23. The number of amides is 1. The maximum Gasteiger partial charge on any atom is 0.264 e. The number of carbonyl (C=O) groups excluding carboxylic acids is 1. The van der Waals surface area contributed by atoms with Gasteiger partial charge < -0.3 is 4.90 Å². The number of para-hydroxylation sites is 1. The second-order valence-corrected chi connectivity index (χ2v) is 7.74. The Morgan fingerprint density at radius 1 is 1.18 bits per heavy atom. The van der Waals surface area contributed by atoms with Crippen LogP contribution < -0.4 is 5.56 Å². The molecular weight excluding hydrogens is 374 g/mol. The number of carbonyl (C=O) groups is 1. The number of hydrogen-bond acceptors (Lipinski definition) is 5. The molecule has 0 N–H and O–H groups in total. The SMILES string of the molecule is O=C(Cn1cnc2c(cnn2-c2ccccc2)c1=O)N1CCc2sccc2C1. The highest BCUT2D eigenvalue weighted by molar-refractivity contribution is 7.10. The fourth-order valence-corrected chi connectivity index (χ4v) is 4.42. The lowest BCUT2D eigenvalue weighted by Gasteiger charge is -2.27. The van der Waals surface area contributed by atoms with Crippen LogP contribution in [-0.4, -0.2) is 36.7 Å². The summed E-state index contributed by atoms with van der Waals surface area (Å²) in [6.07, 6.45) is 3.82. The van der Waals surface area contributed by atoms with Gasteiger partial charge in [-0.1, -0.05) is 18.2 Å². The van der Waals surface area contributed by atoms with E-state index in [1.165, 1.54) is 27.5 Å². The summed E-state index contributed by atoms with van der Waals surface area (Å²) in [5.74, 6) is -0.0736. The Labute approximate surface area is 164 Å². The number of aromatic nitrogens is 4. The zero-order chi connectivity index (χ0) is 19.1. The molecule has 1 aromatic carbocycles. The van der Waals surface area contributed by atoms with Crippen LogP contribution in [0, 0.1) is 0 Å². The van der Waals surface area contributed by atoms with E-state index in [9.17, 15) is 9.59 Å². The molecule has 1 aliphatic rings. The molecule has 0 spiro atoms. The first kappa shape index (κ1) is 16.9. The van der Waals surface area contributed by atoms with E-state index in [1.54, 1.807) is 20.9 Å². The van der Waals surface area contributed by atoms with Gasteiger partial charge in [-0.05, 0) is 35.6 Å². The first-order valence-corrected chi connectivity index (χ1v) is 9.90. The lowest BCUT2D eigenvalue weighted by molar-refractivity contribution is -0.132. The summed E-state index contributed by atoms with van der Waals surface area (Å²) in [6, 6.07) is 11.6. The Morgan fingerprint density at radius 3 is 2.89 bits per heavy atom. The largest absolute Gasteiger partial charge is 0.336 e. The number of thiophene rings is 1. The highest BCUT2D eigenvalue weighted by Gasteiger charge is 2.22. The van der Waals surface area contributed by atoms with Crippen molar-refractivity contribution in [3.63, 3.8) is 0 Å². The summed E-state index contributed by atoms with van der Waals surface area (Å²) in [5.41, 5.74) is 2.27. The van der Waals surface area contributed by atoms with Crippen LogP contribution in [0.25, 0.3) is 16.7 Å². The maximum absolute atomic E-state index is 12.8. The molecule has 0 saturated heterocycles. The molecule has 4 heterocycles. The molecular formula is C20H17N5O2S. The molecule has 0 saturated carbocycles. The molecule has 0 unspecified atom stereocenters. The molecule has 0 bridgehead atoms. The Balaban J connectivity index is 1.42. The zero-order valence-corrected chi connectivity index (χ0v) is 15.8. The highest BCUT2D eigenvalue weighted by atomic mass is 32.1. The van der Waals surface area contributed by atoms with Gasteiger partial charge in [0.15, 0.2) is 5.65 Å². The average molecular weight is 391 g/mol. The molecule has 1 amide bonds. The average Bonchev–Trinajstić information content (AvgIpc) is 3.37. The van der Waals surface area contributed by atoms with E-state index in [0.29, 0.717) is 24.1 Å². The van der Waals surface area contributed by atoms with E-state index in [1.807, 2.05) is 30.3 Å². The number of benzene rings is 1. The minimum atomic E-state index is -0.256. The van der Waals surface area contributed by atoms with E-state index < -0.39 is 0 Å². The maximum atomic E-state index is 12.8. The first-order valence-electron chi connectivity index (χ1n) is 9.02. The van der Waals surface area contributed by atoms with Crippen molar-refractivity contribution in [2.75, 3.05) is 6.54 Å². The van der Waals surface area contributed by atoms with Crippen LogP contribution in [0.1, 0.15) is 10.4 Å². The van der Waals surface area contributed by atoms with Crippen molar-refractivity contribution in [3.05, 3.63) is 75.1 Å². The van der Waals surface area contributed by atoms with Crippen molar-refractivity contribution in [1.82, 2.24) is 24.2 Å². The second-order valence-electron chi connectivity index (χ2n) is 6.74. The molecule has 1 aliphatic heterocycles. The fourth-order valence-electron chi connectivity index (χ4n) is 3.53. The van der Waals surface area contributed by atoms with Crippen molar-refractivity contribution in [1.29, 1.82) is 0 Å². The molecule has 4 aromatic rings. The van der Waals surface area contributed by atoms with Crippen LogP contribution in [0.4, 0.5) is 0 Å². The van der Waals surface area contributed by atoms with Crippen LogP contribution in [0.3, 0.4) is 0 Å². The third-order valence-electron chi connectivity index (χ3n) is 5.02. The lowest BCUT2D eigenvalue weighted by Crippen LogP contribution is -2.39. The number of nitrogens with zero attached hydrogens (tertiary/aromatic N) is 5. The van der Waals surface area contributed by atoms with Gasteiger partial charge in [0.05, 0.1) is 11.9 Å². The van der Waals surface area contributed by atoms with E-state index in [0.717, 1.165) is 12.1 Å². The van der Waals surface area contributed by atoms with E-state index >= 15 is 0 Å². The molecule has 0 fully saturated rings. The normalized spacial score (nSPS) is 13.6. The van der Waals surface area contributed by atoms with Gasteiger partial charge in [0.25, 0.3) is 5.56 Å². The Bertz CT molecular complexity index is 1220. The van der Waals surface area contributed by atoms with Gasteiger partial charge >= 0.3 is 0 Å². The number of fused-ring (bicyclic) bond motifs is 2. The molecule has 0 aliphatic carbocycles. The molecule has 0 radical (unpaired) electrons. The minimum absolute atomic E-state index is 0.0161. The Morgan fingerprint density at radius 2 is 2.04 bits per heavy atom. The van der Waals surface area contributed by atoms with Crippen molar-refractivity contribution in [2.45, 2.75) is 19.5 Å². The summed E-state index contributed by atoms with van der Waals surface area (Å²) >= 11 is 1.73. The van der Waals surface area contributed by atoms with Crippen LogP contribution in [0.2, 0.25) is 0 Å². The summed E-state index contributed by atoms with van der Waals surface area (Å²) in [7, 11) is 0. The summed E-state index contributed by atoms with van der Waals surface area (Å²) in [5, 5.41) is 6.76. The van der Waals surface area contributed by atoms with Crippen LogP contribution >= 0.6 is 11.3 Å². The topological polar surface area (TPSA) is 73.0 Å². The standard InChI is InChI=1S/C20H17N5O2S/c26-18(23-8-6-17-14(11-23)7-9-28-17)12-24-13-21-19-16(20(24)27)10-22-25(19)15-4-2-1-3-5-15/h1-5,7,9-10,13H,6,8,11-12H2. The third kappa shape index (κ3) is 2.82. The van der Waals surface area contributed by atoms with Crippen molar-refractivity contribution in [2.24, 2.45) is 0 Å². The van der Waals surface area contributed by atoms with Gasteiger partial charge in [-0.15, -0.1) is 11.3 Å². The molecule has 5 rings (SSSR count). The lowest BCUT2D eigenvalue weighted by atomic mass is 10.1. The quantitative estimate of drug-likeness (QED) is 0.537. The Hall–Kier alpha value is -3.26. The molecule has 7 nitrogen and oxygen atoms in total. The van der Waals surface area contributed by atoms with Gasteiger partial charge in [0, 0.05) is 18.0 Å². The monoisotopic (exact) mass is 391 g/mol. The first-order chi connectivity index (χ1) is 13.7. The van der Waals surface area contributed by atoms with Crippen molar-refractivity contribution < 1.29 is 4.79 Å². The predicted molar refractivity (Wildman–Crippen MR) is 107 cm³/mol. The second kappa shape index (κ2) is 6.72. The van der Waals surface area contributed by atoms with Crippen molar-refractivity contribution >= 4 is 28.3 Å². The van der Waals surface area contributed by atoms with Crippen LogP contribution in [-0.2, 0) is 24.3 Å². The van der Waals surface area contributed by atoms with Gasteiger partial charge in [-0.3, -0.25) is 14.2 Å². The van der Waals surface area contributed by atoms with E-state index in [-0.39, 0.29) is 18.0 Å². The van der Waals surface area contributed by atoms with Gasteiger partial charge in [0.2, 0.25) is 5.91 Å². The summed E-state index contributed by atoms with van der Waals surface area (Å²) in [4.78, 5) is 33.1. The van der Waals surface area contributed by atoms with Gasteiger partial charge in [-0.25, -0.2) is 9.67 Å². The van der Waals surface area contributed by atoms with E-state index in [4.69, 9.17) is 0 Å². The molecule has 3 aromatic heterocycles. The van der Waals surface area contributed by atoms with Crippen LogP contribution in [0.5, 0.6) is 0 Å². The Kier molecular flexibility index (Phi) is 4.05. The van der Waals surface area contributed by atoms with Crippen LogP contribution in [0.15, 0.2) is 59.1 Å². The van der Waals surface area contributed by atoms with Crippen molar-refractivity contribution in [3.8, 4) is 5.69 Å². The molecule has 0 atom stereocenters. The number of rotatable bonds is 3. The summed E-state index contributed by atoms with van der Waals surface area (Å²) < 4.78 is 3.00. The number of hydrogen-bond donors (Lipinski definition) is 0. The highest BCUT2D eigenvalue weighted by Crippen LogP contribution is 2.24. The molecule has 28 heavy (non-hydrogen) atoms. The smallest absolute Gasteiger partial charge is 0.264 e. The van der Waals surface area contributed by atoms with Gasteiger partial charge in [-0.2, -0.15) is 5.10 Å². The van der Waals surface area contributed by atoms with Gasteiger partial charge in [0.1, 0.15) is 18.3 Å².